The van der Waals surface area contributed by atoms with Crippen LogP contribution in [0.2, 0.25) is 18.1 Å². The number of amides is 1. The molecule has 6 heteroatoms. The van der Waals surface area contributed by atoms with Gasteiger partial charge in [0.05, 0.1) is 12.1 Å². The number of rotatable bonds is 5. The van der Waals surface area contributed by atoms with E-state index in [0.29, 0.717) is 5.92 Å². The second-order valence-corrected chi connectivity index (χ2v) is 14.3. The quantitative estimate of drug-likeness (QED) is 0.726. The summed E-state index contributed by atoms with van der Waals surface area (Å²) >= 11 is 0. The Balaban J connectivity index is 2.80. The van der Waals surface area contributed by atoms with Crippen molar-refractivity contribution in [1.82, 2.24) is 5.32 Å². The standard InChI is InChI=1S/C18H37NO4Si/c1-17(2,3)22-16(21)19-14-11-13(9-10-20)12-15(14)23-24(7,8)18(4,5)6/h13-15,20H,9-12H2,1-8H3,(H,19,21). The number of nitrogens with one attached hydrogen (secondary N) is 1. The summed E-state index contributed by atoms with van der Waals surface area (Å²) in [5, 5.41) is 12.4. The van der Waals surface area contributed by atoms with Gasteiger partial charge < -0.3 is 19.6 Å². The highest BCUT2D eigenvalue weighted by Crippen LogP contribution is 2.41. The normalized spacial score (nSPS) is 25.6. The van der Waals surface area contributed by atoms with Crippen molar-refractivity contribution in [3.8, 4) is 0 Å². The second-order valence-electron chi connectivity index (χ2n) is 9.52. The van der Waals surface area contributed by atoms with Crippen molar-refractivity contribution in [2.75, 3.05) is 6.61 Å². The van der Waals surface area contributed by atoms with E-state index in [2.05, 4.69) is 39.2 Å². The molecule has 0 saturated heterocycles. The van der Waals surface area contributed by atoms with Crippen LogP contribution in [-0.4, -0.2) is 43.9 Å². The Hall–Kier alpha value is -0.593. The highest BCUT2D eigenvalue weighted by atomic mass is 28.4. The maximum absolute atomic E-state index is 12.2. The third-order valence-corrected chi connectivity index (χ3v) is 9.60. The van der Waals surface area contributed by atoms with Crippen LogP contribution in [0, 0.1) is 5.92 Å². The highest BCUT2D eigenvalue weighted by Gasteiger charge is 2.44. The zero-order valence-corrected chi connectivity index (χ0v) is 17.7. The van der Waals surface area contributed by atoms with Crippen LogP contribution in [0.5, 0.6) is 0 Å². The van der Waals surface area contributed by atoms with Crippen molar-refractivity contribution in [3.63, 3.8) is 0 Å². The Morgan fingerprint density at radius 3 is 2.21 bits per heavy atom. The molecule has 1 saturated carbocycles. The molecule has 1 rings (SSSR count). The van der Waals surface area contributed by atoms with E-state index in [9.17, 15) is 9.90 Å². The third kappa shape index (κ3) is 6.37. The summed E-state index contributed by atoms with van der Waals surface area (Å²) in [5.41, 5.74) is -0.511. The van der Waals surface area contributed by atoms with E-state index in [1.807, 2.05) is 20.8 Å². The summed E-state index contributed by atoms with van der Waals surface area (Å²) in [6, 6.07) is -0.0504. The lowest BCUT2D eigenvalue weighted by Gasteiger charge is -2.40. The Labute approximate surface area is 148 Å². The molecule has 0 heterocycles. The Bertz CT molecular complexity index is 426. The molecule has 0 spiro atoms. The van der Waals surface area contributed by atoms with Gasteiger partial charge in [-0.05, 0) is 64.1 Å². The van der Waals surface area contributed by atoms with E-state index in [4.69, 9.17) is 9.16 Å². The second kappa shape index (κ2) is 7.75. The summed E-state index contributed by atoms with van der Waals surface area (Å²) in [5.74, 6) is 0.379. The molecule has 0 aromatic heterocycles. The largest absolute Gasteiger partial charge is 0.444 e. The SMILES string of the molecule is CC(C)(C)OC(=O)NC1CC(CCO)CC1O[Si](C)(C)C(C)(C)C. The minimum atomic E-state index is -1.92. The van der Waals surface area contributed by atoms with Crippen LogP contribution < -0.4 is 5.32 Å². The smallest absolute Gasteiger partial charge is 0.407 e. The molecule has 5 nitrogen and oxygen atoms in total. The van der Waals surface area contributed by atoms with Crippen LogP contribution in [0.15, 0.2) is 0 Å². The molecular weight excluding hydrogens is 322 g/mol. The zero-order valence-electron chi connectivity index (χ0n) is 16.7. The summed E-state index contributed by atoms with van der Waals surface area (Å²) in [7, 11) is -1.92. The fourth-order valence-corrected chi connectivity index (χ4v) is 4.19. The predicted molar refractivity (Wildman–Crippen MR) is 99.7 cm³/mol. The average molecular weight is 360 g/mol. The molecule has 0 aromatic rings. The summed E-state index contributed by atoms with van der Waals surface area (Å²) < 4.78 is 12.0. The van der Waals surface area contributed by atoms with E-state index < -0.39 is 13.9 Å². The molecule has 1 fully saturated rings. The first-order valence-corrected chi connectivity index (χ1v) is 11.9. The van der Waals surface area contributed by atoms with Gasteiger partial charge in [-0.1, -0.05) is 20.8 Å². The molecule has 0 aromatic carbocycles. The predicted octanol–water partition coefficient (Wildman–Crippen LogP) is 4.06. The molecular formula is C18H37NO4Si. The molecule has 1 aliphatic rings. The minimum absolute atomic E-state index is 0.00467. The van der Waals surface area contributed by atoms with E-state index in [1.165, 1.54) is 0 Å². The summed E-state index contributed by atoms with van der Waals surface area (Å²) in [4.78, 5) is 12.2. The van der Waals surface area contributed by atoms with Crippen molar-refractivity contribution in [3.05, 3.63) is 0 Å². The highest BCUT2D eigenvalue weighted by molar-refractivity contribution is 6.74. The van der Waals surface area contributed by atoms with E-state index in [0.717, 1.165) is 19.3 Å². The number of aliphatic hydroxyl groups is 1. The number of hydrogen-bond donors (Lipinski definition) is 2. The van der Waals surface area contributed by atoms with Gasteiger partial charge in [0.25, 0.3) is 0 Å². The van der Waals surface area contributed by atoms with Crippen molar-refractivity contribution >= 4 is 14.4 Å². The number of hydrogen-bond acceptors (Lipinski definition) is 4. The van der Waals surface area contributed by atoms with Gasteiger partial charge in [0.15, 0.2) is 8.32 Å². The maximum Gasteiger partial charge on any atom is 0.407 e. The average Bonchev–Trinajstić information content (AvgIpc) is 2.66. The van der Waals surface area contributed by atoms with Crippen molar-refractivity contribution in [2.24, 2.45) is 5.92 Å². The number of ether oxygens (including phenoxy) is 1. The van der Waals surface area contributed by atoms with Gasteiger partial charge in [-0.25, -0.2) is 4.79 Å². The summed E-state index contributed by atoms with van der Waals surface area (Å²) in [6.07, 6.45) is 2.08. The van der Waals surface area contributed by atoms with Gasteiger partial charge >= 0.3 is 6.09 Å². The van der Waals surface area contributed by atoms with E-state index in [1.54, 1.807) is 0 Å². The van der Waals surface area contributed by atoms with E-state index in [-0.39, 0.29) is 29.9 Å². The fourth-order valence-electron chi connectivity index (χ4n) is 2.81. The van der Waals surface area contributed by atoms with Crippen LogP contribution in [0.1, 0.15) is 60.8 Å². The first kappa shape index (κ1) is 21.4. The van der Waals surface area contributed by atoms with Crippen LogP contribution in [0.3, 0.4) is 0 Å². The van der Waals surface area contributed by atoms with Gasteiger partial charge in [-0.3, -0.25) is 0 Å². The molecule has 142 valence electrons. The number of carbonyl (C=O) groups excluding carboxylic acids is 1. The first-order chi connectivity index (χ1) is 10.7. The van der Waals surface area contributed by atoms with Crippen LogP contribution in [-0.2, 0) is 9.16 Å². The molecule has 0 aliphatic heterocycles. The molecule has 2 N–H and O–H groups in total. The van der Waals surface area contributed by atoms with Crippen LogP contribution >= 0.6 is 0 Å². The number of alkyl carbamates (subject to hydrolysis) is 1. The number of carbonyl (C=O) groups is 1. The van der Waals surface area contributed by atoms with Gasteiger partial charge in [-0.2, -0.15) is 0 Å². The molecule has 3 atom stereocenters. The molecule has 0 bridgehead atoms. The number of aliphatic hydroxyl groups excluding tert-OH is 1. The topological polar surface area (TPSA) is 67.8 Å². The third-order valence-electron chi connectivity index (χ3n) is 5.09. The van der Waals surface area contributed by atoms with Gasteiger partial charge in [0.1, 0.15) is 5.60 Å². The van der Waals surface area contributed by atoms with Gasteiger partial charge in [0.2, 0.25) is 0 Å². The maximum atomic E-state index is 12.2. The Kier molecular flexibility index (Phi) is 6.92. The van der Waals surface area contributed by atoms with Crippen LogP contribution in [0.4, 0.5) is 4.79 Å². The molecule has 1 aliphatic carbocycles. The summed E-state index contributed by atoms with van der Waals surface area (Å²) in [6.45, 7) is 16.9. The van der Waals surface area contributed by atoms with Gasteiger partial charge in [-0.15, -0.1) is 0 Å². The molecule has 3 unspecified atom stereocenters. The minimum Gasteiger partial charge on any atom is -0.444 e. The Morgan fingerprint density at radius 1 is 1.17 bits per heavy atom. The fraction of sp³-hybridized carbons (Fsp3) is 0.944. The van der Waals surface area contributed by atoms with Crippen LogP contribution in [0.25, 0.3) is 0 Å². The molecule has 24 heavy (non-hydrogen) atoms. The monoisotopic (exact) mass is 359 g/mol. The lowest BCUT2D eigenvalue weighted by molar-refractivity contribution is 0.0457. The van der Waals surface area contributed by atoms with Crippen molar-refractivity contribution in [1.29, 1.82) is 0 Å². The van der Waals surface area contributed by atoms with E-state index >= 15 is 0 Å². The Morgan fingerprint density at radius 2 is 1.75 bits per heavy atom. The van der Waals surface area contributed by atoms with Crippen molar-refractivity contribution in [2.45, 2.75) is 96.7 Å². The lowest BCUT2D eigenvalue weighted by atomic mass is 10.0. The van der Waals surface area contributed by atoms with Crippen molar-refractivity contribution < 1.29 is 19.1 Å². The first-order valence-electron chi connectivity index (χ1n) is 9.03. The van der Waals surface area contributed by atoms with Gasteiger partial charge in [0, 0.05) is 6.61 Å². The molecule has 1 amide bonds. The lowest BCUT2D eigenvalue weighted by Crippen LogP contribution is -2.50. The molecule has 0 radical (unpaired) electrons. The zero-order chi connectivity index (χ0) is 18.8.